The Morgan fingerprint density at radius 1 is 1.62 bits per heavy atom. The average Bonchev–Trinajstić information content (AvgIpc) is 2.36. The number of nitrogens with two attached hydrogens (primary N) is 1. The topological polar surface area (TPSA) is 106 Å². The van der Waals surface area contributed by atoms with Crippen molar-refractivity contribution >= 4 is 5.97 Å². The molecule has 2 unspecified atom stereocenters. The molecule has 0 aliphatic heterocycles. The molecule has 1 rings (SSSR count). The zero-order chi connectivity index (χ0) is 12.1. The molecule has 0 fully saturated rings. The summed E-state index contributed by atoms with van der Waals surface area (Å²) < 4.78 is 4.49. The number of carbonyl (C=O) groups excluding carboxylic acids is 1. The van der Waals surface area contributed by atoms with Gasteiger partial charge in [0.15, 0.2) is 0 Å². The number of hydrogen-bond acceptors (Lipinski definition) is 6. The van der Waals surface area contributed by atoms with E-state index in [2.05, 4.69) is 9.72 Å². The fraction of sp³-hybridized carbons (Fsp3) is 0.400. The van der Waals surface area contributed by atoms with Gasteiger partial charge in [0.25, 0.3) is 0 Å². The number of pyridine rings is 1. The van der Waals surface area contributed by atoms with Crippen LogP contribution >= 0.6 is 0 Å². The quantitative estimate of drug-likeness (QED) is 0.582. The predicted molar refractivity (Wildman–Crippen MR) is 55.6 cm³/mol. The molecule has 0 saturated heterocycles. The van der Waals surface area contributed by atoms with E-state index in [0.717, 1.165) is 0 Å². The Bertz CT molecular complexity index is 370. The Labute approximate surface area is 92.7 Å². The number of hydrogen-bond donors (Lipinski definition) is 3. The molecule has 1 aromatic rings. The molecular weight excluding hydrogens is 212 g/mol. The maximum absolute atomic E-state index is 11.2. The molecule has 16 heavy (non-hydrogen) atoms. The van der Waals surface area contributed by atoms with Gasteiger partial charge in [-0.25, -0.2) is 9.78 Å². The Morgan fingerprint density at radius 2 is 2.31 bits per heavy atom. The van der Waals surface area contributed by atoms with E-state index in [-0.39, 0.29) is 12.2 Å². The fourth-order valence-corrected chi connectivity index (χ4v) is 1.20. The first-order chi connectivity index (χ1) is 7.60. The monoisotopic (exact) mass is 226 g/mol. The van der Waals surface area contributed by atoms with Crippen molar-refractivity contribution in [3.05, 3.63) is 29.6 Å². The molecule has 0 amide bonds. The zero-order valence-electron chi connectivity index (χ0n) is 8.83. The van der Waals surface area contributed by atoms with Crippen molar-refractivity contribution in [2.24, 2.45) is 5.73 Å². The largest absolute Gasteiger partial charge is 0.464 e. The lowest BCUT2D eigenvalue weighted by Gasteiger charge is -2.16. The van der Waals surface area contributed by atoms with E-state index in [0.29, 0.717) is 5.56 Å². The standard InChI is InChI=1S/C10H14N2O4/c1-16-10(15)7-4-6(2-3-12-7)9(14)8(13)5-11/h2-4,8-9,13-14H,5,11H2,1H3. The lowest BCUT2D eigenvalue weighted by atomic mass is 10.0. The third-order valence-corrected chi connectivity index (χ3v) is 2.13. The zero-order valence-corrected chi connectivity index (χ0v) is 8.83. The number of aliphatic hydroxyl groups excluding tert-OH is 2. The van der Waals surface area contributed by atoms with Crippen LogP contribution in [-0.4, -0.2) is 40.9 Å². The molecular formula is C10H14N2O4. The smallest absolute Gasteiger partial charge is 0.356 e. The molecule has 1 heterocycles. The molecule has 0 bridgehead atoms. The van der Waals surface area contributed by atoms with Crippen molar-refractivity contribution in [2.45, 2.75) is 12.2 Å². The molecule has 4 N–H and O–H groups in total. The number of rotatable bonds is 4. The summed E-state index contributed by atoms with van der Waals surface area (Å²) >= 11 is 0. The van der Waals surface area contributed by atoms with E-state index in [1.54, 1.807) is 0 Å². The molecule has 0 radical (unpaired) electrons. The van der Waals surface area contributed by atoms with Crippen LogP contribution in [0.25, 0.3) is 0 Å². The third kappa shape index (κ3) is 2.75. The summed E-state index contributed by atoms with van der Waals surface area (Å²) in [7, 11) is 1.24. The van der Waals surface area contributed by atoms with Gasteiger partial charge in [-0.15, -0.1) is 0 Å². The molecule has 0 saturated carbocycles. The van der Waals surface area contributed by atoms with Crippen LogP contribution in [0.2, 0.25) is 0 Å². The Balaban J connectivity index is 2.94. The first-order valence-electron chi connectivity index (χ1n) is 4.70. The summed E-state index contributed by atoms with van der Waals surface area (Å²) in [6.45, 7) is -0.0724. The van der Waals surface area contributed by atoms with Crippen molar-refractivity contribution < 1.29 is 19.7 Å². The second kappa shape index (κ2) is 5.55. The summed E-state index contributed by atoms with van der Waals surface area (Å²) in [5.41, 5.74) is 5.66. The maximum atomic E-state index is 11.2. The molecule has 6 heteroatoms. The van der Waals surface area contributed by atoms with E-state index >= 15 is 0 Å². The number of carbonyl (C=O) groups is 1. The second-order valence-corrected chi connectivity index (χ2v) is 3.21. The predicted octanol–water partition coefficient (Wildman–Crippen LogP) is -0.779. The summed E-state index contributed by atoms with van der Waals surface area (Å²) in [4.78, 5) is 15.0. The van der Waals surface area contributed by atoms with E-state index in [9.17, 15) is 15.0 Å². The SMILES string of the molecule is COC(=O)c1cc(C(O)C(O)CN)ccn1. The van der Waals surface area contributed by atoms with Gasteiger partial charge >= 0.3 is 5.97 Å². The van der Waals surface area contributed by atoms with Crippen LogP contribution in [0.4, 0.5) is 0 Å². The molecule has 2 atom stereocenters. The van der Waals surface area contributed by atoms with E-state index in [1.165, 1.54) is 25.4 Å². The van der Waals surface area contributed by atoms with Gasteiger partial charge in [0, 0.05) is 12.7 Å². The third-order valence-electron chi connectivity index (χ3n) is 2.13. The average molecular weight is 226 g/mol. The van der Waals surface area contributed by atoms with Crippen LogP contribution in [0.3, 0.4) is 0 Å². The number of aliphatic hydroxyl groups is 2. The van der Waals surface area contributed by atoms with Crippen molar-refractivity contribution in [1.29, 1.82) is 0 Å². The molecule has 88 valence electrons. The summed E-state index contributed by atoms with van der Waals surface area (Å²) in [6, 6.07) is 2.85. The minimum Gasteiger partial charge on any atom is -0.464 e. The summed E-state index contributed by atoms with van der Waals surface area (Å²) in [6.07, 6.45) is -0.863. The first-order valence-corrected chi connectivity index (χ1v) is 4.70. The van der Waals surface area contributed by atoms with Gasteiger partial charge in [-0.1, -0.05) is 0 Å². The van der Waals surface area contributed by atoms with Crippen molar-refractivity contribution in [3.8, 4) is 0 Å². The molecule has 0 aromatic carbocycles. The summed E-state index contributed by atoms with van der Waals surface area (Å²) in [5.74, 6) is -0.601. The highest BCUT2D eigenvalue weighted by Gasteiger charge is 2.18. The highest BCUT2D eigenvalue weighted by atomic mass is 16.5. The molecule has 0 spiro atoms. The number of nitrogens with zero attached hydrogens (tertiary/aromatic N) is 1. The summed E-state index contributed by atoms with van der Waals surface area (Å²) in [5, 5.41) is 19.0. The number of ether oxygens (including phenoxy) is 1. The van der Waals surface area contributed by atoms with Crippen molar-refractivity contribution in [1.82, 2.24) is 4.98 Å². The highest BCUT2D eigenvalue weighted by Crippen LogP contribution is 2.16. The van der Waals surface area contributed by atoms with Gasteiger partial charge in [-0.05, 0) is 17.7 Å². The number of methoxy groups -OCH3 is 1. The van der Waals surface area contributed by atoms with Gasteiger partial charge in [0.05, 0.1) is 13.2 Å². The van der Waals surface area contributed by atoms with Gasteiger partial charge in [-0.2, -0.15) is 0 Å². The minimum absolute atomic E-state index is 0.0724. The van der Waals surface area contributed by atoms with Gasteiger partial charge in [0.2, 0.25) is 0 Å². The van der Waals surface area contributed by atoms with Crippen LogP contribution in [0.1, 0.15) is 22.2 Å². The van der Waals surface area contributed by atoms with E-state index < -0.39 is 18.2 Å². The van der Waals surface area contributed by atoms with Gasteiger partial charge in [0.1, 0.15) is 11.8 Å². The number of esters is 1. The normalized spacial score (nSPS) is 14.2. The fourth-order valence-electron chi connectivity index (χ4n) is 1.20. The van der Waals surface area contributed by atoms with Crippen LogP contribution in [0.15, 0.2) is 18.3 Å². The Kier molecular flexibility index (Phi) is 4.36. The molecule has 1 aromatic heterocycles. The molecule has 0 aliphatic rings. The molecule has 0 aliphatic carbocycles. The molecule has 6 nitrogen and oxygen atoms in total. The lowest BCUT2D eigenvalue weighted by Crippen LogP contribution is -2.27. The second-order valence-electron chi connectivity index (χ2n) is 3.21. The van der Waals surface area contributed by atoms with Gasteiger partial charge in [-0.3, -0.25) is 0 Å². The first kappa shape index (κ1) is 12.6. The van der Waals surface area contributed by atoms with Crippen LogP contribution in [0, 0.1) is 0 Å². The number of aromatic nitrogens is 1. The Hall–Kier alpha value is -1.50. The van der Waals surface area contributed by atoms with Crippen LogP contribution < -0.4 is 5.73 Å². The van der Waals surface area contributed by atoms with Crippen molar-refractivity contribution in [3.63, 3.8) is 0 Å². The van der Waals surface area contributed by atoms with Crippen LogP contribution in [0.5, 0.6) is 0 Å². The lowest BCUT2D eigenvalue weighted by molar-refractivity contribution is 0.0241. The van der Waals surface area contributed by atoms with E-state index in [4.69, 9.17) is 5.73 Å². The highest BCUT2D eigenvalue weighted by molar-refractivity contribution is 5.87. The maximum Gasteiger partial charge on any atom is 0.356 e. The minimum atomic E-state index is -1.14. The Morgan fingerprint density at radius 3 is 2.88 bits per heavy atom. The van der Waals surface area contributed by atoms with Gasteiger partial charge < -0.3 is 20.7 Å². The van der Waals surface area contributed by atoms with E-state index in [1.807, 2.05) is 0 Å². The van der Waals surface area contributed by atoms with Crippen LogP contribution in [-0.2, 0) is 4.74 Å². The van der Waals surface area contributed by atoms with Crippen molar-refractivity contribution in [2.75, 3.05) is 13.7 Å².